The van der Waals surface area contributed by atoms with Crippen molar-refractivity contribution in [3.8, 4) is 6.07 Å². The lowest BCUT2D eigenvalue weighted by Gasteiger charge is -2.09. The number of pyridine rings is 1. The Hall–Kier alpha value is -2.46. The number of nitriles is 1. The summed E-state index contributed by atoms with van der Waals surface area (Å²) in [4.78, 5) is 23.5. The number of aromatic nitrogens is 3. The fraction of sp³-hybridized carbons (Fsp3) is 0.154. The predicted molar refractivity (Wildman–Crippen MR) is 71.5 cm³/mol. The van der Waals surface area contributed by atoms with E-state index in [9.17, 15) is 9.90 Å². The third kappa shape index (κ3) is 2.75. The third-order valence-corrected chi connectivity index (χ3v) is 3.47. The Bertz CT molecular complexity index is 725. The molecule has 0 amide bonds. The fourth-order valence-corrected chi connectivity index (χ4v) is 2.74. The minimum Gasteiger partial charge on any atom is -0.478 e. The highest BCUT2D eigenvalue weighted by atomic mass is 32.2. The third-order valence-electron chi connectivity index (χ3n) is 2.49. The Balaban J connectivity index is 2.54. The van der Waals surface area contributed by atoms with Gasteiger partial charge in [-0.1, -0.05) is 0 Å². The number of carbonyl (C=O) groups is 1. The first kappa shape index (κ1) is 14.0. The van der Waals surface area contributed by atoms with Gasteiger partial charge < -0.3 is 5.11 Å². The van der Waals surface area contributed by atoms with Crippen LogP contribution in [0.15, 0.2) is 28.5 Å². The van der Waals surface area contributed by atoms with Gasteiger partial charge in [-0.25, -0.2) is 19.7 Å². The molecule has 0 saturated carbocycles. The topological polar surface area (TPSA) is 99.8 Å². The fourth-order valence-electron chi connectivity index (χ4n) is 1.70. The average Bonchev–Trinajstić information content (AvgIpc) is 2.38. The summed E-state index contributed by atoms with van der Waals surface area (Å²) in [5.74, 6) is -1.06. The monoisotopic (exact) mass is 286 g/mol. The quantitative estimate of drug-likeness (QED) is 0.923. The maximum Gasteiger partial charge on any atom is 0.338 e. The molecule has 2 heterocycles. The summed E-state index contributed by atoms with van der Waals surface area (Å²) in [7, 11) is 0. The van der Waals surface area contributed by atoms with Crippen molar-refractivity contribution in [3.05, 3.63) is 41.0 Å². The first-order valence-electron chi connectivity index (χ1n) is 5.63. The van der Waals surface area contributed by atoms with Gasteiger partial charge in [0, 0.05) is 18.1 Å². The van der Waals surface area contributed by atoms with Gasteiger partial charge >= 0.3 is 5.97 Å². The standard InChI is InChI=1S/C13H10N4O2S/c1-7-5-8(2)17-12(10(7)13(18)19)20-11-9(6-14)15-3-4-16-11/h3-5H,1-2H3,(H,18,19). The second-order valence-electron chi connectivity index (χ2n) is 3.99. The van der Waals surface area contributed by atoms with Gasteiger partial charge in [0.15, 0.2) is 5.69 Å². The summed E-state index contributed by atoms with van der Waals surface area (Å²) in [5.41, 5.74) is 1.59. The van der Waals surface area contributed by atoms with Crippen molar-refractivity contribution in [3.63, 3.8) is 0 Å². The van der Waals surface area contributed by atoms with Crippen LogP contribution in [0, 0.1) is 25.2 Å². The van der Waals surface area contributed by atoms with Crippen molar-refractivity contribution < 1.29 is 9.90 Å². The minimum absolute atomic E-state index is 0.121. The molecule has 0 saturated heterocycles. The van der Waals surface area contributed by atoms with E-state index < -0.39 is 5.97 Å². The van der Waals surface area contributed by atoms with E-state index >= 15 is 0 Å². The van der Waals surface area contributed by atoms with Gasteiger partial charge in [-0.2, -0.15) is 5.26 Å². The maximum absolute atomic E-state index is 11.3. The summed E-state index contributed by atoms with van der Waals surface area (Å²) < 4.78 is 0. The molecule has 0 aliphatic rings. The molecule has 1 N–H and O–H groups in total. The molecule has 0 aliphatic carbocycles. The zero-order valence-electron chi connectivity index (χ0n) is 10.8. The van der Waals surface area contributed by atoms with Crippen molar-refractivity contribution in [2.24, 2.45) is 0 Å². The van der Waals surface area contributed by atoms with Crippen LogP contribution in [-0.2, 0) is 0 Å². The maximum atomic E-state index is 11.3. The number of hydrogen-bond donors (Lipinski definition) is 1. The summed E-state index contributed by atoms with van der Waals surface area (Å²) in [5, 5.41) is 18.9. The summed E-state index contributed by atoms with van der Waals surface area (Å²) in [6.07, 6.45) is 2.86. The van der Waals surface area contributed by atoms with Crippen LogP contribution in [0.1, 0.15) is 27.3 Å². The van der Waals surface area contributed by atoms with Crippen LogP contribution in [0.4, 0.5) is 0 Å². The highest BCUT2D eigenvalue weighted by Crippen LogP contribution is 2.30. The van der Waals surface area contributed by atoms with E-state index in [1.165, 1.54) is 12.4 Å². The first-order valence-corrected chi connectivity index (χ1v) is 6.45. The largest absolute Gasteiger partial charge is 0.478 e. The van der Waals surface area contributed by atoms with E-state index in [0.29, 0.717) is 21.3 Å². The SMILES string of the molecule is Cc1cc(C)c(C(=O)O)c(Sc2nccnc2C#N)n1. The number of carboxylic acids is 1. The van der Waals surface area contributed by atoms with E-state index in [1.54, 1.807) is 19.9 Å². The Kier molecular flexibility index (Phi) is 3.96. The smallest absolute Gasteiger partial charge is 0.338 e. The van der Waals surface area contributed by atoms with E-state index in [-0.39, 0.29) is 11.3 Å². The molecule has 7 heteroatoms. The Morgan fingerprint density at radius 3 is 2.65 bits per heavy atom. The minimum atomic E-state index is -1.06. The Labute approximate surface area is 119 Å². The van der Waals surface area contributed by atoms with Gasteiger partial charge in [0.2, 0.25) is 0 Å². The van der Waals surface area contributed by atoms with Crippen LogP contribution in [0.2, 0.25) is 0 Å². The Morgan fingerprint density at radius 2 is 2.00 bits per heavy atom. The van der Waals surface area contributed by atoms with Crippen LogP contribution in [0.5, 0.6) is 0 Å². The number of nitrogens with zero attached hydrogens (tertiary/aromatic N) is 4. The van der Waals surface area contributed by atoms with Crippen LogP contribution < -0.4 is 0 Å². The van der Waals surface area contributed by atoms with Crippen molar-refractivity contribution >= 4 is 17.7 Å². The lowest BCUT2D eigenvalue weighted by atomic mass is 10.1. The normalized spacial score (nSPS) is 10.1. The first-order chi connectivity index (χ1) is 9.52. The summed E-state index contributed by atoms with van der Waals surface area (Å²) >= 11 is 1.03. The molecule has 2 aromatic heterocycles. The molecule has 2 aromatic rings. The lowest BCUT2D eigenvalue weighted by Crippen LogP contribution is -2.05. The van der Waals surface area contributed by atoms with Crippen LogP contribution >= 0.6 is 11.8 Å². The molecule has 0 aliphatic heterocycles. The second-order valence-corrected chi connectivity index (χ2v) is 4.97. The molecule has 0 bridgehead atoms. The molecular weight excluding hydrogens is 276 g/mol. The van der Waals surface area contributed by atoms with Crippen molar-refractivity contribution in [1.82, 2.24) is 15.0 Å². The predicted octanol–water partition coefficient (Wildman–Crippen LogP) is 2.21. The van der Waals surface area contributed by atoms with Gasteiger partial charge in [-0.3, -0.25) is 0 Å². The molecule has 0 spiro atoms. The van der Waals surface area contributed by atoms with Crippen LogP contribution in [-0.4, -0.2) is 26.0 Å². The number of aromatic carboxylic acids is 1. The molecular formula is C13H10N4O2S. The van der Waals surface area contributed by atoms with E-state index in [1.807, 2.05) is 6.07 Å². The van der Waals surface area contributed by atoms with Crippen molar-refractivity contribution in [2.45, 2.75) is 23.9 Å². The number of aryl methyl sites for hydroxylation is 2. The van der Waals surface area contributed by atoms with Crippen molar-refractivity contribution in [1.29, 1.82) is 5.26 Å². The number of hydrogen-bond acceptors (Lipinski definition) is 6. The molecule has 100 valence electrons. The van der Waals surface area contributed by atoms with Crippen LogP contribution in [0.25, 0.3) is 0 Å². The molecule has 0 atom stereocenters. The number of rotatable bonds is 3. The zero-order valence-corrected chi connectivity index (χ0v) is 11.6. The van der Waals surface area contributed by atoms with Crippen LogP contribution in [0.3, 0.4) is 0 Å². The van der Waals surface area contributed by atoms with E-state index in [4.69, 9.17) is 5.26 Å². The summed E-state index contributed by atoms with van der Waals surface area (Å²) in [6, 6.07) is 3.63. The highest BCUT2D eigenvalue weighted by molar-refractivity contribution is 7.99. The second kappa shape index (κ2) is 5.67. The summed E-state index contributed by atoms with van der Waals surface area (Å²) in [6.45, 7) is 3.49. The van der Waals surface area contributed by atoms with Gasteiger partial charge in [0.05, 0.1) is 5.56 Å². The molecule has 0 fully saturated rings. The number of carboxylic acid groups (broad SMARTS) is 1. The van der Waals surface area contributed by atoms with Gasteiger partial charge in [0.25, 0.3) is 0 Å². The van der Waals surface area contributed by atoms with E-state index in [0.717, 1.165) is 11.8 Å². The van der Waals surface area contributed by atoms with Gasteiger partial charge in [-0.15, -0.1) is 0 Å². The molecule has 20 heavy (non-hydrogen) atoms. The van der Waals surface area contributed by atoms with Gasteiger partial charge in [-0.05, 0) is 37.2 Å². The molecule has 2 rings (SSSR count). The molecule has 0 aromatic carbocycles. The van der Waals surface area contributed by atoms with Crippen molar-refractivity contribution in [2.75, 3.05) is 0 Å². The van der Waals surface area contributed by atoms with Gasteiger partial charge in [0.1, 0.15) is 16.1 Å². The average molecular weight is 286 g/mol. The molecule has 6 nitrogen and oxygen atoms in total. The lowest BCUT2D eigenvalue weighted by molar-refractivity contribution is 0.0691. The Morgan fingerprint density at radius 1 is 1.30 bits per heavy atom. The molecule has 0 unspecified atom stereocenters. The molecule has 0 radical (unpaired) electrons. The zero-order chi connectivity index (χ0) is 14.7. The highest BCUT2D eigenvalue weighted by Gasteiger charge is 2.18. The van der Waals surface area contributed by atoms with E-state index in [2.05, 4.69) is 15.0 Å².